The number of anilines is 1. The van der Waals surface area contributed by atoms with E-state index in [0.29, 0.717) is 17.0 Å². The fourth-order valence-corrected chi connectivity index (χ4v) is 2.34. The largest absolute Gasteiger partial charge is 0.369 e. The molecular weight excluding hydrogens is 222 g/mol. The second-order valence-electron chi connectivity index (χ2n) is 4.50. The maximum absolute atomic E-state index is 6.02. The molecule has 0 atom stereocenters. The zero-order valence-corrected chi connectivity index (χ0v) is 10.1. The molecule has 88 valence electrons. The molecular formula is C12H18ClN3. The molecule has 4 heteroatoms. The first-order valence-corrected chi connectivity index (χ1v) is 6.23. The number of nitrogens with one attached hydrogen (secondary N) is 1. The lowest BCUT2D eigenvalue weighted by molar-refractivity contribution is 0.338. The molecule has 1 aromatic heterocycles. The molecule has 1 saturated carbocycles. The van der Waals surface area contributed by atoms with Crippen molar-refractivity contribution in [2.45, 2.75) is 31.7 Å². The second kappa shape index (κ2) is 5.51. The van der Waals surface area contributed by atoms with E-state index in [0.717, 1.165) is 25.2 Å². The van der Waals surface area contributed by atoms with Gasteiger partial charge in [0.1, 0.15) is 5.82 Å². The minimum atomic E-state index is 0.412. The molecule has 0 saturated heterocycles. The van der Waals surface area contributed by atoms with Gasteiger partial charge in [0.25, 0.3) is 0 Å². The topological polar surface area (TPSA) is 50.9 Å². The number of rotatable bonds is 3. The molecule has 2 rings (SSSR count). The van der Waals surface area contributed by atoms with Gasteiger partial charge in [-0.1, -0.05) is 11.6 Å². The Morgan fingerprint density at radius 3 is 2.81 bits per heavy atom. The number of nitrogens with zero attached hydrogens (tertiary/aromatic N) is 1. The van der Waals surface area contributed by atoms with Gasteiger partial charge in [-0.3, -0.25) is 0 Å². The third kappa shape index (κ3) is 3.09. The summed E-state index contributed by atoms with van der Waals surface area (Å²) in [6.45, 7) is 0.948. The molecule has 0 radical (unpaired) electrons. The summed E-state index contributed by atoms with van der Waals surface area (Å²) in [6, 6.07) is 4.11. The van der Waals surface area contributed by atoms with Crippen molar-refractivity contribution in [3.63, 3.8) is 0 Å². The fraction of sp³-hybridized carbons (Fsp3) is 0.583. The highest BCUT2D eigenvalue weighted by Gasteiger charge is 2.18. The molecule has 0 unspecified atom stereocenters. The van der Waals surface area contributed by atoms with Gasteiger partial charge in [-0.15, -0.1) is 0 Å². The predicted molar refractivity (Wildman–Crippen MR) is 67.7 cm³/mol. The van der Waals surface area contributed by atoms with Crippen molar-refractivity contribution in [3.05, 3.63) is 23.4 Å². The van der Waals surface area contributed by atoms with Crippen LogP contribution in [-0.4, -0.2) is 17.6 Å². The van der Waals surface area contributed by atoms with Gasteiger partial charge in [0.2, 0.25) is 0 Å². The van der Waals surface area contributed by atoms with Gasteiger partial charge < -0.3 is 11.1 Å². The van der Waals surface area contributed by atoms with Crippen LogP contribution < -0.4 is 11.1 Å². The Morgan fingerprint density at radius 1 is 1.38 bits per heavy atom. The van der Waals surface area contributed by atoms with Crippen LogP contribution in [0.3, 0.4) is 0 Å². The van der Waals surface area contributed by atoms with Crippen LogP contribution >= 0.6 is 11.6 Å². The Balaban J connectivity index is 1.81. The monoisotopic (exact) mass is 239 g/mol. The number of hydrogen-bond acceptors (Lipinski definition) is 3. The average molecular weight is 240 g/mol. The summed E-state index contributed by atoms with van der Waals surface area (Å²) in [7, 11) is 0. The number of pyridine rings is 1. The number of halogens is 1. The molecule has 1 aromatic rings. The smallest absolute Gasteiger partial charge is 0.144 e. The van der Waals surface area contributed by atoms with Crippen molar-refractivity contribution in [2.75, 3.05) is 11.9 Å². The Morgan fingerprint density at radius 2 is 2.12 bits per heavy atom. The molecule has 3 N–H and O–H groups in total. The van der Waals surface area contributed by atoms with Crippen LogP contribution in [0.2, 0.25) is 5.02 Å². The lowest BCUT2D eigenvalue weighted by atomic mass is 9.86. The normalized spacial score (nSPS) is 25.4. The Kier molecular flexibility index (Phi) is 4.02. The van der Waals surface area contributed by atoms with Crippen molar-refractivity contribution in [1.82, 2.24) is 4.98 Å². The van der Waals surface area contributed by atoms with Crippen LogP contribution in [0, 0.1) is 5.92 Å². The molecule has 0 aliphatic heterocycles. The van der Waals surface area contributed by atoms with E-state index in [2.05, 4.69) is 10.3 Å². The van der Waals surface area contributed by atoms with Crippen molar-refractivity contribution in [3.8, 4) is 0 Å². The van der Waals surface area contributed by atoms with Crippen molar-refractivity contribution < 1.29 is 0 Å². The quantitative estimate of drug-likeness (QED) is 0.853. The molecule has 0 bridgehead atoms. The van der Waals surface area contributed by atoms with Gasteiger partial charge in [0.05, 0.1) is 5.02 Å². The summed E-state index contributed by atoms with van der Waals surface area (Å²) in [5.74, 6) is 1.50. The average Bonchev–Trinajstić information content (AvgIpc) is 2.30. The van der Waals surface area contributed by atoms with E-state index in [1.165, 1.54) is 12.8 Å². The highest BCUT2D eigenvalue weighted by atomic mass is 35.5. The zero-order valence-electron chi connectivity index (χ0n) is 9.32. The SMILES string of the molecule is NC1CCC(CNc2ncccc2Cl)CC1. The molecule has 16 heavy (non-hydrogen) atoms. The van der Waals surface area contributed by atoms with E-state index < -0.39 is 0 Å². The molecule has 0 amide bonds. The third-order valence-electron chi connectivity index (χ3n) is 3.21. The maximum Gasteiger partial charge on any atom is 0.144 e. The summed E-state index contributed by atoms with van der Waals surface area (Å²) in [6.07, 6.45) is 6.45. The summed E-state index contributed by atoms with van der Waals surface area (Å²) < 4.78 is 0. The minimum absolute atomic E-state index is 0.412. The fourth-order valence-electron chi connectivity index (χ4n) is 2.15. The first-order chi connectivity index (χ1) is 7.75. The van der Waals surface area contributed by atoms with Crippen molar-refractivity contribution in [2.24, 2.45) is 11.7 Å². The third-order valence-corrected chi connectivity index (χ3v) is 3.51. The number of hydrogen-bond donors (Lipinski definition) is 2. The standard InChI is InChI=1S/C12H18ClN3/c13-11-2-1-7-15-12(11)16-8-9-3-5-10(14)6-4-9/h1-2,7,9-10H,3-6,8,14H2,(H,15,16). The molecule has 3 nitrogen and oxygen atoms in total. The molecule has 1 aliphatic rings. The van der Waals surface area contributed by atoms with Gasteiger partial charge in [-0.2, -0.15) is 0 Å². The highest BCUT2D eigenvalue weighted by Crippen LogP contribution is 2.24. The minimum Gasteiger partial charge on any atom is -0.369 e. The summed E-state index contributed by atoms with van der Waals surface area (Å²) in [5, 5.41) is 4.00. The maximum atomic E-state index is 6.02. The van der Waals surface area contributed by atoms with Crippen LogP contribution in [0.15, 0.2) is 18.3 Å². The summed E-state index contributed by atoms with van der Waals surface area (Å²) >= 11 is 6.02. The van der Waals surface area contributed by atoms with Gasteiger partial charge in [0.15, 0.2) is 0 Å². The van der Waals surface area contributed by atoms with Crippen LogP contribution in [0.4, 0.5) is 5.82 Å². The Hall–Kier alpha value is -0.800. The number of aromatic nitrogens is 1. The molecule has 1 aliphatic carbocycles. The van der Waals surface area contributed by atoms with Gasteiger partial charge >= 0.3 is 0 Å². The molecule has 0 aromatic carbocycles. The first-order valence-electron chi connectivity index (χ1n) is 5.85. The molecule has 1 heterocycles. The zero-order chi connectivity index (χ0) is 11.4. The van der Waals surface area contributed by atoms with Gasteiger partial charge in [-0.25, -0.2) is 4.98 Å². The van der Waals surface area contributed by atoms with E-state index in [-0.39, 0.29) is 0 Å². The van der Waals surface area contributed by atoms with E-state index in [4.69, 9.17) is 17.3 Å². The van der Waals surface area contributed by atoms with Crippen LogP contribution in [0.1, 0.15) is 25.7 Å². The van der Waals surface area contributed by atoms with E-state index in [1.54, 1.807) is 6.20 Å². The molecule has 1 fully saturated rings. The van der Waals surface area contributed by atoms with E-state index >= 15 is 0 Å². The van der Waals surface area contributed by atoms with Gasteiger partial charge in [0, 0.05) is 18.8 Å². The summed E-state index contributed by atoms with van der Waals surface area (Å²) in [4.78, 5) is 4.21. The van der Waals surface area contributed by atoms with E-state index in [1.807, 2.05) is 12.1 Å². The van der Waals surface area contributed by atoms with Crippen LogP contribution in [-0.2, 0) is 0 Å². The summed E-state index contributed by atoms with van der Waals surface area (Å²) in [5.41, 5.74) is 5.87. The lowest BCUT2D eigenvalue weighted by Crippen LogP contribution is -2.29. The van der Waals surface area contributed by atoms with Gasteiger partial charge in [-0.05, 0) is 43.7 Å². The predicted octanol–water partition coefficient (Wildman–Crippen LogP) is 2.66. The first kappa shape index (κ1) is 11.7. The van der Waals surface area contributed by atoms with Crippen molar-refractivity contribution >= 4 is 17.4 Å². The Bertz CT molecular complexity index is 335. The highest BCUT2D eigenvalue weighted by molar-refractivity contribution is 6.32. The van der Waals surface area contributed by atoms with Crippen LogP contribution in [0.25, 0.3) is 0 Å². The number of nitrogens with two attached hydrogens (primary N) is 1. The molecule has 0 spiro atoms. The van der Waals surface area contributed by atoms with E-state index in [9.17, 15) is 0 Å². The second-order valence-corrected chi connectivity index (χ2v) is 4.90. The van der Waals surface area contributed by atoms with Crippen molar-refractivity contribution in [1.29, 1.82) is 0 Å². The lowest BCUT2D eigenvalue weighted by Gasteiger charge is -2.26. The Labute approximate surface area is 101 Å². The van der Waals surface area contributed by atoms with Crippen LogP contribution in [0.5, 0.6) is 0 Å².